The zero-order valence-corrected chi connectivity index (χ0v) is 14.4. The fraction of sp³-hybridized carbons (Fsp3) is 0.0667. The lowest BCUT2D eigenvalue weighted by molar-refractivity contribution is -0.385. The Morgan fingerprint density at radius 3 is 2.48 bits per heavy atom. The van der Waals surface area contributed by atoms with Crippen molar-refractivity contribution in [2.24, 2.45) is 0 Å². The Kier molecular flexibility index (Phi) is 5.41. The number of nitrogens with zero attached hydrogens (tertiary/aromatic N) is 1. The molecule has 0 fully saturated rings. The number of nitrogens with one attached hydrogen (secondary N) is 2. The van der Waals surface area contributed by atoms with E-state index in [0.717, 1.165) is 4.47 Å². The van der Waals surface area contributed by atoms with Crippen molar-refractivity contribution in [1.29, 1.82) is 0 Å². The van der Waals surface area contributed by atoms with Crippen molar-refractivity contribution in [2.75, 3.05) is 5.32 Å². The van der Waals surface area contributed by atoms with Crippen LogP contribution in [0.15, 0.2) is 46.9 Å². The van der Waals surface area contributed by atoms with Crippen LogP contribution < -0.4 is 10.6 Å². The molecule has 0 heterocycles. The van der Waals surface area contributed by atoms with Crippen molar-refractivity contribution in [3.8, 4) is 0 Å². The SMILES string of the molecule is Cc1ccc(NC(=S)NC(=O)c2ccc(Br)cc2)cc1[N+](=O)[O-]. The van der Waals surface area contributed by atoms with Crippen molar-refractivity contribution in [2.45, 2.75) is 6.92 Å². The van der Waals surface area contributed by atoms with Crippen molar-refractivity contribution >= 4 is 50.5 Å². The number of hydrogen-bond acceptors (Lipinski definition) is 4. The zero-order chi connectivity index (χ0) is 17.0. The minimum Gasteiger partial charge on any atom is -0.332 e. The quantitative estimate of drug-likeness (QED) is 0.470. The first kappa shape index (κ1) is 17.0. The highest BCUT2D eigenvalue weighted by molar-refractivity contribution is 9.10. The lowest BCUT2D eigenvalue weighted by Gasteiger charge is -2.10. The molecule has 2 aromatic rings. The van der Waals surface area contributed by atoms with Gasteiger partial charge in [-0.05, 0) is 49.5 Å². The number of carbonyl (C=O) groups excluding carboxylic acids is 1. The van der Waals surface area contributed by atoms with Crippen molar-refractivity contribution in [3.63, 3.8) is 0 Å². The van der Waals surface area contributed by atoms with Gasteiger partial charge >= 0.3 is 0 Å². The fourth-order valence-corrected chi connectivity index (χ4v) is 2.30. The normalized spacial score (nSPS) is 10.0. The molecule has 8 heteroatoms. The third kappa shape index (κ3) is 4.57. The Morgan fingerprint density at radius 2 is 1.87 bits per heavy atom. The second-order valence-electron chi connectivity index (χ2n) is 4.67. The molecule has 0 radical (unpaired) electrons. The lowest BCUT2D eigenvalue weighted by atomic mass is 10.2. The first-order chi connectivity index (χ1) is 10.9. The molecule has 0 aliphatic rings. The topological polar surface area (TPSA) is 84.3 Å². The molecule has 118 valence electrons. The fourth-order valence-electron chi connectivity index (χ4n) is 1.82. The predicted molar refractivity (Wildman–Crippen MR) is 95.7 cm³/mol. The predicted octanol–water partition coefficient (Wildman–Crippen LogP) is 3.79. The summed E-state index contributed by atoms with van der Waals surface area (Å²) < 4.78 is 0.863. The smallest absolute Gasteiger partial charge is 0.274 e. The van der Waals surface area contributed by atoms with E-state index in [0.29, 0.717) is 16.8 Å². The maximum atomic E-state index is 12.0. The number of thiocarbonyl (C=S) groups is 1. The molecule has 2 aromatic carbocycles. The van der Waals surface area contributed by atoms with Gasteiger partial charge in [0, 0.05) is 27.4 Å². The largest absolute Gasteiger partial charge is 0.332 e. The Bertz CT molecular complexity index is 778. The lowest BCUT2D eigenvalue weighted by Crippen LogP contribution is -2.34. The average Bonchev–Trinajstić information content (AvgIpc) is 2.49. The van der Waals surface area contributed by atoms with Gasteiger partial charge in [0.05, 0.1) is 4.92 Å². The highest BCUT2D eigenvalue weighted by Crippen LogP contribution is 2.22. The van der Waals surface area contributed by atoms with E-state index in [4.69, 9.17) is 12.2 Å². The van der Waals surface area contributed by atoms with Crippen molar-refractivity contribution in [3.05, 3.63) is 68.2 Å². The second-order valence-corrected chi connectivity index (χ2v) is 6.00. The van der Waals surface area contributed by atoms with E-state index < -0.39 is 4.92 Å². The molecule has 6 nitrogen and oxygen atoms in total. The van der Waals surface area contributed by atoms with E-state index in [1.165, 1.54) is 6.07 Å². The number of hydrogen-bond donors (Lipinski definition) is 2. The van der Waals surface area contributed by atoms with Crippen LogP contribution in [-0.4, -0.2) is 15.9 Å². The number of nitro groups is 1. The third-order valence-electron chi connectivity index (χ3n) is 3.00. The summed E-state index contributed by atoms with van der Waals surface area (Å²) in [5.41, 5.74) is 1.41. The first-order valence-corrected chi connectivity index (χ1v) is 7.70. The number of benzene rings is 2. The average molecular weight is 394 g/mol. The number of nitro benzene ring substituents is 1. The molecular weight excluding hydrogens is 382 g/mol. The number of aryl methyl sites for hydroxylation is 1. The van der Waals surface area contributed by atoms with Crippen LogP contribution in [0.2, 0.25) is 0 Å². The van der Waals surface area contributed by atoms with Gasteiger partial charge in [-0.15, -0.1) is 0 Å². The summed E-state index contributed by atoms with van der Waals surface area (Å²) in [5, 5.41) is 16.3. The van der Waals surface area contributed by atoms with E-state index in [9.17, 15) is 14.9 Å². The molecule has 0 aromatic heterocycles. The van der Waals surface area contributed by atoms with Crippen LogP contribution in [0.25, 0.3) is 0 Å². The van der Waals surface area contributed by atoms with Crippen molar-refractivity contribution in [1.82, 2.24) is 5.32 Å². The number of carbonyl (C=O) groups is 1. The van der Waals surface area contributed by atoms with Crippen LogP contribution >= 0.6 is 28.1 Å². The molecule has 0 atom stereocenters. The first-order valence-electron chi connectivity index (χ1n) is 6.50. The molecule has 0 spiro atoms. The molecule has 0 bridgehead atoms. The number of anilines is 1. The Balaban J connectivity index is 2.05. The molecular formula is C15H12BrN3O3S. The van der Waals surface area contributed by atoms with Gasteiger partial charge in [-0.1, -0.05) is 22.0 Å². The summed E-state index contributed by atoms with van der Waals surface area (Å²) in [7, 11) is 0. The van der Waals surface area contributed by atoms with Crippen LogP contribution in [0.1, 0.15) is 15.9 Å². The van der Waals surface area contributed by atoms with Gasteiger partial charge in [0.25, 0.3) is 11.6 Å². The van der Waals surface area contributed by atoms with Gasteiger partial charge in [0.15, 0.2) is 5.11 Å². The van der Waals surface area contributed by atoms with Crippen LogP contribution in [-0.2, 0) is 0 Å². The third-order valence-corrected chi connectivity index (χ3v) is 3.73. The van der Waals surface area contributed by atoms with Crippen LogP contribution in [0.5, 0.6) is 0 Å². The maximum Gasteiger partial charge on any atom is 0.274 e. The number of halogens is 1. The molecule has 0 unspecified atom stereocenters. The Labute approximate surface area is 146 Å². The van der Waals surface area contributed by atoms with Crippen LogP contribution in [0.3, 0.4) is 0 Å². The molecule has 2 N–H and O–H groups in total. The molecule has 0 aliphatic heterocycles. The van der Waals surface area contributed by atoms with E-state index >= 15 is 0 Å². The number of amides is 1. The van der Waals surface area contributed by atoms with Gasteiger partial charge in [0.1, 0.15) is 0 Å². The second kappa shape index (κ2) is 7.30. The summed E-state index contributed by atoms with van der Waals surface area (Å²) in [6, 6.07) is 11.4. The van der Waals surface area contributed by atoms with Crippen molar-refractivity contribution < 1.29 is 9.72 Å². The maximum absolute atomic E-state index is 12.0. The molecule has 0 saturated carbocycles. The van der Waals surface area contributed by atoms with E-state index in [-0.39, 0.29) is 16.7 Å². The summed E-state index contributed by atoms with van der Waals surface area (Å²) in [5.74, 6) is -0.364. The van der Waals surface area contributed by atoms with Gasteiger partial charge in [0.2, 0.25) is 0 Å². The monoisotopic (exact) mass is 393 g/mol. The summed E-state index contributed by atoms with van der Waals surface area (Å²) in [4.78, 5) is 22.5. The van der Waals surface area contributed by atoms with Gasteiger partial charge < -0.3 is 5.32 Å². The summed E-state index contributed by atoms with van der Waals surface area (Å²) in [6.45, 7) is 1.65. The van der Waals surface area contributed by atoms with E-state index in [2.05, 4.69) is 26.6 Å². The van der Waals surface area contributed by atoms with Gasteiger partial charge in [-0.25, -0.2) is 0 Å². The summed E-state index contributed by atoms with van der Waals surface area (Å²) in [6.07, 6.45) is 0. The minimum atomic E-state index is -0.468. The molecule has 23 heavy (non-hydrogen) atoms. The Hall–Kier alpha value is -2.32. The zero-order valence-electron chi connectivity index (χ0n) is 12.0. The van der Waals surface area contributed by atoms with Crippen LogP contribution in [0.4, 0.5) is 11.4 Å². The van der Waals surface area contributed by atoms with Gasteiger partial charge in [-0.3, -0.25) is 20.2 Å². The van der Waals surface area contributed by atoms with Gasteiger partial charge in [-0.2, -0.15) is 0 Å². The number of rotatable bonds is 3. The highest BCUT2D eigenvalue weighted by Gasteiger charge is 2.12. The minimum absolute atomic E-state index is 0.0166. The summed E-state index contributed by atoms with van der Waals surface area (Å²) >= 11 is 8.35. The highest BCUT2D eigenvalue weighted by atomic mass is 79.9. The molecule has 0 saturated heterocycles. The molecule has 1 amide bonds. The van der Waals surface area contributed by atoms with E-state index in [1.807, 2.05) is 0 Å². The molecule has 2 rings (SSSR count). The van der Waals surface area contributed by atoms with Crippen LogP contribution in [0, 0.1) is 17.0 Å². The van der Waals surface area contributed by atoms with E-state index in [1.54, 1.807) is 43.3 Å². The Morgan fingerprint density at radius 1 is 1.22 bits per heavy atom. The molecule has 0 aliphatic carbocycles. The standard InChI is InChI=1S/C15H12BrN3O3S/c1-9-2-7-12(8-13(9)19(21)22)17-15(23)18-14(20)10-3-5-11(16)6-4-10/h2-8H,1H3,(H2,17,18,20,23).